The highest BCUT2D eigenvalue weighted by atomic mass is 79.9. The Morgan fingerprint density at radius 2 is 1.37 bits per heavy atom. The zero-order valence-electron chi connectivity index (χ0n) is 14.7. The molecule has 0 aliphatic carbocycles. The largest absolute Gasteiger partial charge is 0.460 e. The third-order valence-electron chi connectivity index (χ3n) is 5.40. The van der Waals surface area contributed by atoms with E-state index >= 15 is 0 Å². The standard InChI is InChI=1S/C25H17BrO/c1-17-25(19-8-3-2-4-9-19,20-12-14-21(26)15-13-20)24-22-10-6-5-7-18(22)11-16-23(24)27-17/h2-16H,1H2. The summed E-state index contributed by atoms with van der Waals surface area (Å²) in [4.78, 5) is 0. The van der Waals surface area contributed by atoms with Crippen molar-refractivity contribution in [3.8, 4) is 5.75 Å². The van der Waals surface area contributed by atoms with E-state index < -0.39 is 5.41 Å². The van der Waals surface area contributed by atoms with E-state index in [1.807, 2.05) is 6.07 Å². The molecule has 1 aliphatic rings. The molecule has 1 heterocycles. The third-order valence-corrected chi connectivity index (χ3v) is 5.93. The average Bonchev–Trinajstić information content (AvgIpc) is 3.02. The molecule has 27 heavy (non-hydrogen) atoms. The minimum absolute atomic E-state index is 0.543. The van der Waals surface area contributed by atoms with Crippen LogP contribution < -0.4 is 4.74 Å². The molecular formula is C25H17BrO. The van der Waals surface area contributed by atoms with E-state index in [1.165, 1.54) is 16.3 Å². The highest BCUT2D eigenvalue weighted by Crippen LogP contribution is 2.55. The number of hydrogen-bond donors (Lipinski definition) is 0. The Labute approximate surface area is 167 Å². The van der Waals surface area contributed by atoms with Crippen molar-refractivity contribution in [2.75, 3.05) is 0 Å². The lowest BCUT2D eigenvalue weighted by molar-refractivity contribution is 0.416. The molecule has 0 saturated heterocycles. The molecule has 0 amide bonds. The van der Waals surface area contributed by atoms with Crippen LogP contribution in [0.1, 0.15) is 16.7 Å². The molecule has 1 aliphatic heterocycles. The Balaban J connectivity index is 1.95. The molecule has 0 radical (unpaired) electrons. The minimum atomic E-state index is -0.543. The number of ether oxygens (including phenoxy) is 1. The topological polar surface area (TPSA) is 9.23 Å². The Morgan fingerprint density at radius 1 is 0.704 bits per heavy atom. The lowest BCUT2D eigenvalue weighted by Crippen LogP contribution is -2.29. The molecule has 0 saturated carbocycles. The summed E-state index contributed by atoms with van der Waals surface area (Å²) in [6.45, 7) is 4.37. The van der Waals surface area contributed by atoms with Gasteiger partial charge in [-0.05, 0) is 40.1 Å². The first-order valence-corrected chi connectivity index (χ1v) is 9.71. The van der Waals surface area contributed by atoms with Crippen molar-refractivity contribution >= 4 is 26.7 Å². The number of rotatable bonds is 2. The van der Waals surface area contributed by atoms with Gasteiger partial charge >= 0.3 is 0 Å². The second-order valence-corrected chi connectivity index (χ2v) is 7.72. The molecule has 0 N–H and O–H groups in total. The van der Waals surface area contributed by atoms with Gasteiger partial charge in [-0.1, -0.05) is 95.3 Å². The normalized spacial score (nSPS) is 18.3. The second kappa shape index (κ2) is 6.11. The van der Waals surface area contributed by atoms with Crippen molar-refractivity contribution in [1.82, 2.24) is 0 Å². The monoisotopic (exact) mass is 412 g/mol. The summed E-state index contributed by atoms with van der Waals surface area (Å²) in [5, 5.41) is 2.40. The zero-order chi connectivity index (χ0) is 18.4. The van der Waals surface area contributed by atoms with E-state index in [-0.39, 0.29) is 0 Å². The van der Waals surface area contributed by atoms with Gasteiger partial charge < -0.3 is 4.74 Å². The van der Waals surface area contributed by atoms with E-state index in [4.69, 9.17) is 4.74 Å². The Kier molecular flexibility index (Phi) is 3.70. The van der Waals surface area contributed by atoms with Crippen molar-refractivity contribution in [3.05, 3.63) is 124 Å². The van der Waals surface area contributed by atoms with Crippen LogP contribution in [0.4, 0.5) is 0 Å². The third kappa shape index (κ3) is 2.30. The lowest BCUT2D eigenvalue weighted by atomic mass is 9.68. The molecule has 0 aromatic heterocycles. The Morgan fingerprint density at radius 3 is 2.15 bits per heavy atom. The molecule has 5 rings (SSSR count). The fourth-order valence-corrected chi connectivity index (χ4v) is 4.50. The lowest BCUT2D eigenvalue weighted by Gasteiger charge is -2.31. The number of hydrogen-bond acceptors (Lipinski definition) is 1. The molecule has 0 fully saturated rings. The summed E-state index contributed by atoms with van der Waals surface area (Å²) in [6, 6.07) is 31.6. The summed E-state index contributed by atoms with van der Waals surface area (Å²) < 4.78 is 7.32. The van der Waals surface area contributed by atoms with Crippen LogP contribution in [0.3, 0.4) is 0 Å². The second-order valence-electron chi connectivity index (χ2n) is 6.81. The predicted octanol–water partition coefficient (Wildman–Crippen LogP) is 6.84. The van der Waals surface area contributed by atoms with Gasteiger partial charge in [-0.3, -0.25) is 0 Å². The molecule has 4 aromatic rings. The van der Waals surface area contributed by atoms with Gasteiger partial charge in [0, 0.05) is 10.0 Å². The molecule has 0 bridgehead atoms. The fourth-order valence-electron chi connectivity index (χ4n) is 4.24. The summed E-state index contributed by atoms with van der Waals surface area (Å²) in [6.07, 6.45) is 0. The van der Waals surface area contributed by atoms with Crippen molar-refractivity contribution in [3.63, 3.8) is 0 Å². The number of allylic oxidation sites excluding steroid dienone is 1. The summed E-state index contributed by atoms with van der Waals surface area (Å²) in [5.74, 6) is 1.62. The Hall–Kier alpha value is -2.84. The first-order chi connectivity index (χ1) is 13.2. The predicted molar refractivity (Wildman–Crippen MR) is 114 cm³/mol. The van der Waals surface area contributed by atoms with Crippen LogP contribution in [0, 0.1) is 0 Å². The first kappa shape index (κ1) is 16.3. The van der Waals surface area contributed by atoms with Gasteiger partial charge in [-0.15, -0.1) is 0 Å². The van der Waals surface area contributed by atoms with Gasteiger partial charge in [0.2, 0.25) is 0 Å². The SMILES string of the molecule is C=C1Oc2ccc3ccccc3c2C1(c1ccccc1)c1ccc(Br)cc1. The molecule has 2 heteroatoms. The van der Waals surface area contributed by atoms with E-state index in [0.29, 0.717) is 0 Å². The number of benzene rings is 4. The van der Waals surface area contributed by atoms with Crippen molar-refractivity contribution in [1.29, 1.82) is 0 Å². The van der Waals surface area contributed by atoms with Crippen LogP contribution in [0.25, 0.3) is 10.8 Å². The highest BCUT2D eigenvalue weighted by Gasteiger charge is 2.48. The molecule has 1 atom stereocenters. The van der Waals surface area contributed by atoms with Crippen molar-refractivity contribution in [2.24, 2.45) is 0 Å². The van der Waals surface area contributed by atoms with Gasteiger partial charge in [-0.2, -0.15) is 0 Å². The van der Waals surface area contributed by atoms with Crippen LogP contribution in [-0.2, 0) is 5.41 Å². The van der Waals surface area contributed by atoms with Crippen LogP contribution in [0.15, 0.2) is 108 Å². The van der Waals surface area contributed by atoms with Gasteiger partial charge in [0.1, 0.15) is 16.9 Å². The number of fused-ring (bicyclic) bond motifs is 3. The van der Waals surface area contributed by atoms with Gasteiger partial charge in [0.05, 0.1) is 0 Å². The molecule has 1 unspecified atom stereocenters. The van der Waals surface area contributed by atoms with E-state index in [9.17, 15) is 0 Å². The maximum Gasteiger partial charge on any atom is 0.132 e. The van der Waals surface area contributed by atoms with Crippen LogP contribution in [0.5, 0.6) is 5.75 Å². The summed E-state index contributed by atoms with van der Waals surface area (Å²) in [5.41, 5.74) is 2.93. The number of halogens is 1. The van der Waals surface area contributed by atoms with Gasteiger partial charge in [0.25, 0.3) is 0 Å². The van der Waals surface area contributed by atoms with Crippen LogP contribution in [0.2, 0.25) is 0 Å². The zero-order valence-corrected chi connectivity index (χ0v) is 16.2. The maximum absolute atomic E-state index is 6.26. The first-order valence-electron chi connectivity index (χ1n) is 8.92. The van der Waals surface area contributed by atoms with Crippen LogP contribution >= 0.6 is 15.9 Å². The van der Waals surface area contributed by atoms with Gasteiger partial charge in [0.15, 0.2) is 0 Å². The van der Waals surface area contributed by atoms with E-state index in [1.54, 1.807) is 0 Å². The van der Waals surface area contributed by atoms with E-state index in [0.717, 1.165) is 27.1 Å². The highest BCUT2D eigenvalue weighted by molar-refractivity contribution is 9.10. The molecule has 1 nitrogen and oxygen atoms in total. The summed E-state index contributed by atoms with van der Waals surface area (Å²) in [7, 11) is 0. The van der Waals surface area contributed by atoms with Crippen molar-refractivity contribution < 1.29 is 4.74 Å². The fraction of sp³-hybridized carbons (Fsp3) is 0.0400. The van der Waals surface area contributed by atoms with Gasteiger partial charge in [-0.25, -0.2) is 0 Å². The Bertz CT molecular complexity index is 1160. The molecule has 4 aromatic carbocycles. The average molecular weight is 413 g/mol. The maximum atomic E-state index is 6.26. The van der Waals surface area contributed by atoms with E-state index in [2.05, 4.69) is 107 Å². The molecule has 0 spiro atoms. The smallest absolute Gasteiger partial charge is 0.132 e. The molecular weight excluding hydrogens is 396 g/mol. The molecule has 130 valence electrons. The van der Waals surface area contributed by atoms with Crippen LogP contribution in [-0.4, -0.2) is 0 Å². The minimum Gasteiger partial charge on any atom is -0.460 e. The van der Waals surface area contributed by atoms with Crippen molar-refractivity contribution in [2.45, 2.75) is 5.41 Å². The quantitative estimate of drug-likeness (QED) is 0.350. The summed E-state index contributed by atoms with van der Waals surface area (Å²) >= 11 is 3.56.